The highest BCUT2D eigenvalue weighted by Gasteiger charge is 2.28. The van der Waals surface area contributed by atoms with Gasteiger partial charge in [-0.3, -0.25) is 9.10 Å². The molecule has 0 aliphatic heterocycles. The van der Waals surface area contributed by atoms with Crippen LogP contribution in [0.3, 0.4) is 0 Å². The standard InChI is InChI=1S/C19H21ClN2O3S/c20-15-10-12-17(13-11-15)22(14-19(23)21-16-6-4-5-7-16)26(24,25)18-8-2-1-3-9-18/h1-3,8-13,16H,4-7,14H2,(H,21,23). The Bertz CT molecular complexity index is 848. The van der Waals surface area contributed by atoms with E-state index in [0.717, 1.165) is 30.0 Å². The number of nitrogens with zero attached hydrogens (tertiary/aromatic N) is 1. The van der Waals surface area contributed by atoms with Gasteiger partial charge in [0, 0.05) is 11.1 Å². The third kappa shape index (κ3) is 4.37. The molecule has 7 heteroatoms. The van der Waals surface area contributed by atoms with Crippen molar-refractivity contribution in [3.63, 3.8) is 0 Å². The van der Waals surface area contributed by atoms with Crippen molar-refractivity contribution >= 4 is 33.2 Å². The molecule has 3 rings (SSSR count). The van der Waals surface area contributed by atoms with Crippen LogP contribution in [0.2, 0.25) is 5.02 Å². The lowest BCUT2D eigenvalue weighted by atomic mass is 10.2. The van der Waals surface area contributed by atoms with Gasteiger partial charge in [-0.05, 0) is 49.2 Å². The molecular formula is C19H21ClN2O3S. The number of hydrogen-bond donors (Lipinski definition) is 1. The van der Waals surface area contributed by atoms with Gasteiger partial charge < -0.3 is 5.32 Å². The molecule has 1 N–H and O–H groups in total. The summed E-state index contributed by atoms with van der Waals surface area (Å²) >= 11 is 5.92. The minimum atomic E-state index is -3.87. The van der Waals surface area contributed by atoms with Crippen LogP contribution in [-0.4, -0.2) is 26.9 Å². The first-order valence-corrected chi connectivity index (χ1v) is 10.4. The second-order valence-corrected chi connectivity index (χ2v) is 8.65. The van der Waals surface area contributed by atoms with Crippen LogP contribution in [-0.2, 0) is 14.8 Å². The summed E-state index contributed by atoms with van der Waals surface area (Å²) in [6.45, 7) is -0.268. The average Bonchev–Trinajstić information content (AvgIpc) is 3.14. The predicted octanol–water partition coefficient (Wildman–Crippen LogP) is 3.59. The van der Waals surface area contributed by atoms with Crippen molar-refractivity contribution in [3.05, 3.63) is 59.6 Å². The minimum Gasteiger partial charge on any atom is -0.352 e. The predicted molar refractivity (Wildman–Crippen MR) is 103 cm³/mol. The maximum atomic E-state index is 13.1. The fourth-order valence-electron chi connectivity index (χ4n) is 3.12. The van der Waals surface area contributed by atoms with E-state index < -0.39 is 10.0 Å². The number of carbonyl (C=O) groups is 1. The Labute approximate surface area is 159 Å². The van der Waals surface area contributed by atoms with E-state index in [0.29, 0.717) is 10.7 Å². The van der Waals surface area contributed by atoms with Crippen LogP contribution in [0, 0.1) is 0 Å². The number of anilines is 1. The number of benzene rings is 2. The molecule has 1 saturated carbocycles. The van der Waals surface area contributed by atoms with Crippen molar-refractivity contribution < 1.29 is 13.2 Å². The molecule has 0 spiro atoms. The normalized spacial score (nSPS) is 15.0. The highest BCUT2D eigenvalue weighted by molar-refractivity contribution is 7.92. The van der Waals surface area contributed by atoms with Gasteiger partial charge in [-0.1, -0.05) is 42.6 Å². The van der Waals surface area contributed by atoms with Crippen molar-refractivity contribution in [2.75, 3.05) is 10.8 Å². The molecule has 0 radical (unpaired) electrons. The van der Waals surface area contributed by atoms with E-state index in [9.17, 15) is 13.2 Å². The zero-order valence-electron chi connectivity index (χ0n) is 14.3. The van der Waals surface area contributed by atoms with Crippen LogP contribution < -0.4 is 9.62 Å². The third-order valence-electron chi connectivity index (χ3n) is 4.45. The van der Waals surface area contributed by atoms with Crippen molar-refractivity contribution in [3.8, 4) is 0 Å². The second kappa shape index (κ2) is 8.10. The van der Waals surface area contributed by atoms with Crippen LogP contribution in [0.1, 0.15) is 25.7 Å². The lowest BCUT2D eigenvalue weighted by molar-refractivity contribution is -0.120. The van der Waals surface area contributed by atoms with Crippen LogP contribution in [0.15, 0.2) is 59.5 Å². The molecule has 26 heavy (non-hydrogen) atoms. The maximum absolute atomic E-state index is 13.1. The number of halogens is 1. The molecule has 0 aromatic heterocycles. The van der Waals surface area contributed by atoms with Gasteiger partial charge in [-0.25, -0.2) is 8.42 Å². The van der Waals surface area contributed by atoms with E-state index >= 15 is 0 Å². The molecule has 138 valence electrons. The zero-order valence-corrected chi connectivity index (χ0v) is 15.8. The Kier molecular flexibility index (Phi) is 5.84. The Morgan fingerprint density at radius 2 is 1.65 bits per heavy atom. The molecule has 1 aliphatic carbocycles. The summed E-state index contributed by atoms with van der Waals surface area (Å²) in [6.07, 6.45) is 4.07. The molecule has 0 bridgehead atoms. The summed E-state index contributed by atoms with van der Waals surface area (Å²) in [4.78, 5) is 12.6. The Morgan fingerprint density at radius 3 is 2.27 bits per heavy atom. The smallest absolute Gasteiger partial charge is 0.264 e. The number of sulfonamides is 1. The molecule has 5 nitrogen and oxygen atoms in total. The van der Waals surface area contributed by atoms with Gasteiger partial charge in [-0.15, -0.1) is 0 Å². The first-order valence-electron chi connectivity index (χ1n) is 8.59. The van der Waals surface area contributed by atoms with Crippen LogP contribution in [0.4, 0.5) is 5.69 Å². The maximum Gasteiger partial charge on any atom is 0.264 e. The molecule has 1 aliphatic rings. The van der Waals surface area contributed by atoms with E-state index in [2.05, 4.69) is 5.32 Å². The van der Waals surface area contributed by atoms with Gasteiger partial charge in [0.2, 0.25) is 5.91 Å². The molecule has 2 aromatic carbocycles. The minimum absolute atomic E-state index is 0.133. The van der Waals surface area contributed by atoms with E-state index in [-0.39, 0.29) is 23.4 Å². The van der Waals surface area contributed by atoms with Crippen molar-refractivity contribution in [2.24, 2.45) is 0 Å². The van der Waals surface area contributed by atoms with Gasteiger partial charge in [0.05, 0.1) is 10.6 Å². The fraction of sp³-hybridized carbons (Fsp3) is 0.316. The molecule has 0 heterocycles. The summed E-state index contributed by atoms with van der Waals surface area (Å²) in [7, 11) is -3.87. The topological polar surface area (TPSA) is 66.5 Å². The Morgan fingerprint density at radius 1 is 1.04 bits per heavy atom. The summed E-state index contributed by atoms with van der Waals surface area (Å²) in [5.41, 5.74) is 0.403. The van der Waals surface area contributed by atoms with Gasteiger partial charge >= 0.3 is 0 Å². The highest BCUT2D eigenvalue weighted by Crippen LogP contribution is 2.25. The van der Waals surface area contributed by atoms with E-state index in [1.165, 1.54) is 12.1 Å². The van der Waals surface area contributed by atoms with Crippen molar-refractivity contribution in [1.82, 2.24) is 5.32 Å². The summed E-state index contributed by atoms with van der Waals surface area (Å²) in [5, 5.41) is 3.44. The number of nitrogens with one attached hydrogen (secondary N) is 1. The SMILES string of the molecule is O=C(CN(c1ccc(Cl)cc1)S(=O)(=O)c1ccccc1)NC1CCCC1. The van der Waals surface area contributed by atoms with Crippen molar-refractivity contribution in [1.29, 1.82) is 0 Å². The molecule has 0 atom stereocenters. The molecule has 0 unspecified atom stereocenters. The molecule has 1 fully saturated rings. The molecule has 2 aromatic rings. The monoisotopic (exact) mass is 392 g/mol. The van der Waals surface area contributed by atoms with E-state index in [1.54, 1.807) is 42.5 Å². The van der Waals surface area contributed by atoms with E-state index in [1.807, 2.05) is 0 Å². The number of carbonyl (C=O) groups excluding carboxylic acids is 1. The lowest BCUT2D eigenvalue weighted by Crippen LogP contribution is -2.43. The van der Waals surface area contributed by atoms with Crippen LogP contribution in [0.25, 0.3) is 0 Å². The van der Waals surface area contributed by atoms with Crippen molar-refractivity contribution in [2.45, 2.75) is 36.6 Å². The van der Waals surface area contributed by atoms with Gasteiger partial charge in [0.1, 0.15) is 6.54 Å². The Hall–Kier alpha value is -2.05. The van der Waals surface area contributed by atoms with Gasteiger partial charge in [0.25, 0.3) is 10.0 Å². The van der Waals surface area contributed by atoms with E-state index in [4.69, 9.17) is 11.6 Å². The zero-order chi connectivity index (χ0) is 18.6. The summed E-state index contributed by atoms with van der Waals surface area (Å²) in [6, 6.07) is 14.7. The first-order chi connectivity index (χ1) is 12.5. The van der Waals surface area contributed by atoms with Gasteiger partial charge in [0.15, 0.2) is 0 Å². The Balaban J connectivity index is 1.89. The third-order valence-corrected chi connectivity index (χ3v) is 6.49. The van der Waals surface area contributed by atoms with Gasteiger partial charge in [-0.2, -0.15) is 0 Å². The number of rotatable bonds is 6. The quantitative estimate of drug-likeness (QED) is 0.816. The fourth-order valence-corrected chi connectivity index (χ4v) is 4.68. The van der Waals surface area contributed by atoms with Crippen LogP contribution in [0.5, 0.6) is 0 Å². The highest BCUT2D eigenvalue weighted by atomic mass is 35.5. The molecular weight excluding hydrogens is 372 g/mol. The molecule has 1 amide bonds. The number of hydrogen-bond acceptors (Lipinski definition) is 3. The average molecular weight is 393 g/mol. The molecule has 0 saturated heterocycles. The summed E-state index contributed by atoms with van der Waals surface area (Å²) < 4.78 is 27.3. The summed E-state index contributed by atoms with van der Waals surface area (Å²) in [5.74, 6) is -0.300. The van der Waals surface area contributed by atoms with Crippen LogP contribution >= 0.6 is 11.6 Å². The first kappa shape index (κ1) is 18.7. The second-order valence-electron chi connectivity index (χ2n) is 6.35. The number of amides is 1. The lowest BCUT2D eigenvalue weighted by Gasteiger charge is -2.25. The largest absolute Gasteiger partial charge is 0.352 e.